The molecule has 6 rings (SSSR count). The third kappa shape index (κ3) is 19.1. The summed E-state index contributed by atoms with van der Waals surface area (Å²) in [6.07, 6.45) is -43.5. The van der Waals surface area contributed by atoms with Crippen molar-refractivity contribution in [3.8, 4) is 0 Å². The Kier molecular flexibility index (Phi) is 22.9. The Morgan fingerprint density at radius 1 is 0.470 bits per heavy atom. The van der Waals surface area contributed by atoms with E-state index in [0.29, 0.717) is 5.56 Å². The predicted octanol–water partition coefficient (Wildman–Crippen LogP) is -5.52. The van der Waals surface area contributed by atoms with Crippen LogP contribution in [0.15, 0.2) is 60.7 Å². The Balaban J connectivity index is 1.47. The van der Waals surface area contributed by atoms with Crippen molar-refractivity contribution in [2.75, 3.05) is 13.2 Å². The SMILES string of the molecule is CC(=O)N[C@H]1[C@H](O[C@H]2[C@H](OCc3ccccc3)[C@@H](O)[C@H](O[C@@H]3[C@@H](NC(C)=O)[C@H](O[C@H]4[C@H](OCc5ccccc5)[C@@H](O)[C@H](O)O[C@@H]4C(=O)O)O[C@H](COS(=O)(=O)O)[C@@H]3OS(=O)(=O)O)O[C@@H]2C(=O)O)O[C@H](COS(=O)(=O)O)[C@H](OS(=O)(=O)O)[C@@H]1O. The van der Waals surface area contributed by atoms with Crippen molar-refractivity contribution in [1.82, 2.24) is 10.6 Å². The second kappa shape index (κ2) is 28.2. The summed E-state index contributed by atoms with van der Waals surface area (Å²) < 4.78 is 205. The van der Waals surface area contributed by atoms with Crippen LogP contribution in [-0.2, 0) is 133 Å². The van der Waals surface area contributed by atoms with E-state index in [0.717, 1.165) is 13.8 Å². The number of aliphatic hydroxyl groups is 4. The number of rotatable bonds is 26. The second-order valence-electron chi connectivity index (χ2n) is 18.3. The maximum Gasteiger partial charge on any atom is 0.397 e. The molecule has 0 spiro atoms. The van der Waals surface area contributed by atoms with E-state index in [1.807, 2.05) is 0 Å². The molecule has 0 bridgehead atoms. The molecule has 4 heterocycles. The highest BCUT2D eigenvalue weighted by Gasteiger charge is 2.60. The minimum Gasteiger partial charge on any atom is -0.479 e. The average Bonchev–Trinajstić information content (AvgIpc) is 1.92. The zero-order valence-corrected chi connectivity index (χ0v) is 45.7. The van der Waals surface area contributed by atoms with Gasteiger partial charge >= 0.3 is 53.5 Å². The van der Waals surface area contributed by atoms with Gasteiger partial charge in [-0.2, -0.15) is 33.7 Å². The fourth-order valence-electron chi connectivity index (χ4n) is 8.94. The Hall–Kier alpha value is -4.72. The van der Waals surface area contributed by atoms with Gasteiger partial charge in [0.2, 0.25) is 11.8 Å². The molecule has 2 aromatic carbocycles. The van der Waals surface area contributed by atoms with E-state index >= 15 is 0 Å². The number of carbonyl (C=O) groups is 4. The Labute approximate surface area is 470 Å². The summed E-state index contributed by atoms with van der Waals surface area (Å²) in [6, 6.07) is 10.8. The Morgan fingerprint density at radius 3 is 1.30 bits per heavy atom. The maximum absolute atomic E-state index is 13.4. The molecule has 20 atom stereocenters. The number of hydrogen-bond donors (Lipinski definition) is 12. The third-order valence-corrected chi connectivity index (χ3v) is 14.1. The third-order valence-electron chi connectivity index (χ3n) is 12.3. The first-order valence-electron chi connectivity index (χ1n) is 23.8. The highest BCUT2D eigenvalue weighted by Crippen LogP contribution is 2.38. The van der Waals surface area contributed by atoms with Gasteiger partial charge in [-0.15, -0.1) is 0 Å². The lowest BCUT2D eigenvalue weighted by Crippen LogP contribution is -2.71. The summed E-state index contributed by atoms with van der Waals surface area (Å²) in [4.78, 5) is 51.9. The number of amides is 2. The molecular weight excluding hydrogens is 1220 g/mol. The lowest BCUT2D eigenvalue weighted by molar-refractivity contribution is -0.370. The van der Waals surface area contributed by atoms with Crippen LogP contribution in [0.3, 0.4) is 0 Å². The van der Waals surface area contributed by atoms with Crippen LogP contribution in [0, 0.1) is 0 Å². The van der Waals surface area contributed by atoms with E-state index < -0.39 is 214 Å². The van der Waals surface area contributed by atoms with Gasteiger partial charge in [-0.05, 0) is 11.1 Å². The molecule has 0 aliphatic carbocycles. The highest BCUT2D eigenvalue weighted by molar-refractivity contribution is 7.81. The molecule has 4 saturated heterocycles. The van der Waals surface area contributed by atoms with E-state index in [1.165, 1.54) is 36.4 Å². The number of carboxylic acid groups (broad SMARTS) is 2. The van der Waals surface area contributed by atoms with Crippen LogP contribution in [0.4, 0.5) is 0 Å². The molecule has 4 fully saturated rings. The van der Waals surface area contributed by atoms with Gasteiger partial charge in [0.15, 0.2) is 37.4 Å². The molecule has 2 amide bonds. The van der Waals surface area contributed by atoms with Crippen molar-refractivity contribution in [2.45, 2.75) is 150 Å². The fraction of sp³-hybridized carbons (Fsp3) is 0.619. The van der Waals surface area contributed by atoms with Crippen molar-refractivity contribution in [3.05, 3.63) is 71.8 Å². The molecule has 0 aromatic heterocycles. The van der Waals surface area contributed by atoms with Gasteiger partial charge in [-0.3, -0.25) is 27.8 Å². The summed E-state index contributed by atoms with van der Waals surface area (Å²) in [7, 11) is -22.6. The molecule has 0 unspecified atom stereocenters. The molecule has 0 radical (unpaired) electrons. The van der Waals surface area contributed by atoms with Crippen LogP contribution in [0.1, 0.15) is 25.0 Å². The van der Waals surface area contributed by atoms with E-state index in [-0.39, 0.29) is 5.56 Å². The van der Waals surface area contributed by atoms with Gasteiger partial charge in [0.1, 0.15) is 85.3 Å². The summed E-state index contributed by atoms with van der Waals surface area (Å²) in [5.74, 6) is -6.25. The van der Waals surface area contributed by atoms with Crippen LogP contribution in [0.2, 0.25) is 0 Å². The lowest BCUT2D eigenvalue weighted by atomic mass is 9.93. The topological polar surface area (TPSA) is 551 Å². The molecule has 83 heavy (non-hydrogen) atoms. The largest absolute Gasteiger partial charge is 0.479 e. The molecule has 2 aromatic rings. The van der Waals surface area contributed by atoms with E-state index in [1.54, 1.807) is 24.3 Å². The highest BCUT2D eigenvalue weighted by atomic mass is 32.3. The number of aliphatic carboxylic acids is 2. The van der Waals surface area contributed by atoms with Crippen molar-refractivity contribution in [2.24, 2.45) is 0 Å². The minimum atomic E-state index is -5.90. The molecule has 37 nitrogen and oxygen atoms in total. The predicted molar refractivity (Wildman–Crippen MR) is 258 cm³/mol. The summed E-state index contributed by atoms with van der Waals surface area (Å²) >= 11 is 0. The van der Waals surface area contributed by atoms with Crippen LogP contribution in [0.5, 0.6) is 0 Å². The molecule has 0 saturated carbocycles. The van der Waals surface area contributed by atoms with Gasteiger partial charge in [0.05, 0.1) is 26.4 Å². The van der Waals surface area contributed by atoms with Crippen LogP contribution in [-0.4, -0.2) is 242 Å². The average molecular weight is 1280 g/mol. The van der Waals surface area contributed by atoms with E-state index in [9.17, 15) is 102 Å². The van der Waals surface area contributed by atoms with Gasteiger partial charge in [0.25, 0.3) is 0 Å². The monoisotopic (exact) mass is 1280 g/mol. The van der Waals surface area contributed by atoms with Crippen molar-refractivity contribution >= 4 is 65.3 Å². The number of nitrogens with one attached hydrogen (secondary N) is 2. The Bertz CT molecular complexity index is 3000. The summed E-state index contributed by atoms with van der Waals surface area (Å²) in [5.41, 5.74) is 0.655. The first kappa shape index (κ1) is 67.4. The summed E-state index contributed by atoms with van der Waals surface area (Å²) in [6.45, 7) is -2.53. The number of ether oxygens (including phenoxy) is 9. The first-order valence-corrected chi connectivity index (χ1v) is 29.2. The smallest absolute Gasteiger partial charge is 0.397 e. The molecule has 4 aliphatic heterocycles. The number of aliphatic hydroxyl groups excluding tert-OH is 4. The van der Waals surface area contributed by atoms with Crippen molar-refractivity contribution in [3.63, 3.8) is 0 Å². The van der Waals surface area contributed by atoms with Crippen molar-refractivity contribution < 1.29 is 161 Å². The Morgan fingerprint density at radius 2 is 0.867 bits per heavy atom. The number of benzene rings is 2. The quantitative estimate of drug-likeness (QED) is 0.0391. The van der Waals surface area contributed by atoms with E-state index in [4.69, 9.17) is 46.8 Å². The van der Waals surface area contributed by atoms with Gasteiger partial charge in [0, 0.05) is 13.8 Å². The summed E-state index contributed by atoms with van der Waals surface area (Å²) in [5, 5.41) is 71.1. The minimum absolute atomic E-state index is 0.260. The molecule has 4 aliphatic rings. The number of carboxylic acids is 2. The molecule has 41 heteroatoms. The van der Waals surface area contributed by atoms with Crippen LogP contribution < -0.4 is 10.6 Å². The number of hydrogen-bond acceptors (Lipinski definition) is 29. The zero-order chi connectivity index (χ0) is 61.5. The number of carbonyl (C=O) groups excluding carboxylic acids is 2. The van der Waals surface area contributed by atoms with Gasteiger partial charge < -0.3 is 83.9 Å². The lowest BCUT2D eigenvalue weighted by Gasteiger charge is -2.51. The zero-order valence-electron chi connectivity index (χ0n) is 42.5. The molecule has 12 N–H and O–H groups in total. The maximum atomic E-state index is 13.4. The standard InChI is InChI=1S/C42H56N2O35S4/c1-17(45)43-23-25(47)28(78-82(61,62)63)21(15-69-80(55,56)57)71-40(23)75-34-32(68-14-20-11-7-4-8-12-20)27(49)42(77-36(34)38(52)53)74-30-24(44-18(2)46)41(72-22(16-70-81(58,59)60)29(30)79-83(64,65)66)76-33-31(67-13-19-9-5-3-6-10-19)26(48)39(54)73-35(33)37(50)51/h3-12,21-36,39-42,47-49,54H,13-16H2,1-2H3,(H,43,45)(H,44,46)(H,50,51)(H,52,53)(H,55,56,57)(H,58,59,60)(H,61,62,63)(H,64,65,66)/t21-,22-,23-,24-,25-,26-,27-,28+,29+,30-,31-,32-,33+,34+,35+,36+,39-,40+,41+,42-/m1/s1. The van der Waals surface area contributed by atoms with Crippen LogP contribution in [0.25, 0.3) is 0 Å². The van der Waals surface area contributed by atoms with Crippen molar-refractivity contribution in [1.29, 1.82) is 0 Å². The first-order chi connectivity index (χ1) is 38.6. The fourth-order valence-corrected chi connectivity index (χ4v) is 10.6. The molecular formula is C42H56N2O35S4. The van der Waals surface area contributed by atoms with E-state index in [2.05, 4.69) is 23.2 Å². The van der Waals surface area contributed by atoms with Gasteiger partial charge in [-0.1, -0.05) is 60.7 Å². The molecule has 468 valence electrons. The normalized spacial score (nSPS) is 34.5. The van der Waals surface area contributed by atoms with Gasteiger partial charge in [-0.25, -0.2) is 26.3 Å². The second-order valence-corrected chi connectivity index (χ2v) is 22.6. The van der Waals surface area contributed by atoms with Crippen LogP contribution >= 0.6 is 0 Å².